The molecule has 4 rings (SSSR count). The summed E-state index contributed by atoms with van der Waals surface area (Å²) in [6, 6.07) is 11.7. The molecular formula is C20H19N5O2S3. The Labute approximate surface area is 186 Å². The summed E-state index contributed by atoms with van der Waals surface area (Å²) in [7, 11) is 3.55. The number of methoxy groups -OCH3 is 1. The van der Waals surface area contributed by atoms with E-state index >= 15 is 0 Å². The second kappa shape index (κ2) is 9.41. The molecule has 4 aromatic rings. The molecule has 0 unspecified atom stereocenters. The minimum Gasteiger partial charge on any atom is -0.497 e. The van der Waals surface area contributed by atoms with Crippen molar-refractivity contribution >= 4 is 45.5 Å². The van der Waals surface area contributed by atoms with Gasteiger partial charge in [-0.3, -0.25) is 9.69 Å². The van der Waals surface area contributed by atoms with Gasteiger partial charge in [-0.25, -0.2) is 4.98 Å². The van der Waals surface area contributed by atoms with Crippen molar-refractivity contribution in [2.24, 2.45) is 7.05 Å². The Balaban J connectivity index is 1.47. The van der Waals surface area contributed by atoms with E-state index in [1.165, 1.54) is 23.1 Å². The van der Waals surface area contributed by atoms with Gasteiger partial charge in [0.15, 0.2) is 16.1 Å². The summed E-state index contributed by atoms with van der Waals surface area (Å²) in [5.41, 5.74) is 1.00. The molecule has 1 amide bonds. The molecule has 0 aliphatic carbocycles. The standard InChI is InChI=1S/C20H19N5O2S3/c1-24-18(16-4-3-10-28-16)22-23-20(24)30-13-17(26)25(19-21-9-11-29-19)12-14-5-7-15(27-2)8-6-14/h3-11H,12-13H2,1-2H3. The second-order valence-corrected chi connectivity index (χ2v) is 9.04. The van der Waals surface area contributed by atoms with Crippen molar-refractivity contribution in [3.8, 4) is 16.5 Å². The lowest BCUT2D eigenvalue weighted by Crippen LogP contribution is -2.31. The molecule has 0 fully saturated rings. The van der Waals surface area contributed by atoms with E-state index in [2.05, 4.69) is 15.2 Å². The number of hydrogen-bond donors (Lipinski definition) is 0. The summed E-state index contributed by atoms with van der Waals surface area (Å²) in [6.45, 7) is 0.441. The van der Waals surface area contributed by atoms with Gasteiger partial charge >= 0.3 is 0 Å². The number of thioether (sulfide) groups is 1. The highest BCUT2D eigenvalue weighted by atomic mass is 32.2. The van der Waals surface area contributed by atoms with Crippen LogP contribution in [0.3, 0.4) is 0 Å². The predicted octanol–water partition coefficient (Wildman–Crippen LogP) is 4.33. The van der Waals surface area contributed by atoms with Crippen LogP contribution in [-0.4, -0.2) is 38.5 Å². The molecule has 10 heteroatoms. The number of hydrogen-bond acceptors (Lipinski definition) is 8. The van der Waals surface area contributed by atoms with Crippen molar-refractivity contribution in [1.29, 1.82) is 0 Å². The molecule has 0 radical (unpaired) electrons. The number of thiazole rings is 1. The maximum atomic E-state index is 13.1. The van der Waals surface area contributed by atoms with Crippen LogP contribution in [-0.2, 0) is 18.4 Å². The largest absolute Gasteiger partial charge is 0.497 e. The van der Waals surface area contributed by atoms with Crippen LogP contribution in [0.4, 0.5) is 5.13 Å². The third-order valence-corrected chi connectivity index (χ3v) is 7.02. The van der Waals surface area contributed by atoms with Crippen LogP contribution in [0.25, 0.3) is 10.7 Å². The minimum absolute atomic E-state index is 0.0357. The number of thiophene rings is 1. The van der Waals surface area contributed by atoms with Gasteiger partial charge in [0, 0.05) is 18.6 Å². The molecule has 0 N–H and O–H groups in total. The van der Waals surface area contributed by atoms with E-state index in [-0.39, 0.29) is 11.7 Å². The Morgan fingerprint density at radius 1 is 1.17 bits per heavy atom. The third kappa shape index (κ3) is 4.55. The zero-order valence-electron chi connectivity index (χ0n) is 16.4. The van der Waals surface area contributed by atoms with E-state index < -0.39 is 0 Å². The Hall–Kier alpha value is -2.69. The maximum Gasteiger partial charge on any atom is 0.239 e. The molecule has 0 aliphatic rings. The van der Waals surface area contributed by atoms with Gasteiger partial charge in [0.25, 0.3) is 0 Å². The zero-order chi connectivity index (χ0) is 20.9. The van der Waals surface area contributed by atoms with E-state index in [1.54, 1.807) is 29.5 Å². The topological polar surface area (TPSA) is 73.1 Å². The third-order valence-electron chi connectivity index (χ3n) is 4.35. The van der Waals surface area contributed by atoms with Crippen molar-refractivity contribution in [3.05, 3.63) is 58.9 Å². The van der Waals surface area contributed by atoms with Gasteiger partial charge in [0.05, 0.1) is 24.3 Å². The Morgan fingerprint density at radius 3 is 2.67 bits per heavy atom. The normalized spacial score (nSPS) is 10.9. The van der Waals surface area contributed by atoms with Gasteiger partial charge in [0.2, 0.25) is 5.91 Å². The highest BCUT2D eigenvalue weighted by molar-refractivity contribution is 7.99. The second-order valence-electron chi connectivity index (χ2n) is 6.27. The first-order valence-corrected chi connectivity index (χ1v) is 11.8. The van der Waals surface area contributed by atoms with Crippen molar-refractivity contribution in [2.45, 2.75) is 11.7 Å². The molecule has 0 bridgehead atoms. The fourth-order valence-corrected chi connectivity index (χ4v) is 4.98. The number of carbonyl (C=O) groups is 1. The van der Waals surface area contributed by atoms with Crippen molar-refractivity contribution in [2.75, 3.05) is 17.8 Å². The molecule has 0 saturated carbocycles. The monoisotopic (exact) mass is 457 g/mol. The van der Waals surface area contributed by atoms with Gasteiger partial charge in [0.1, 0.15) is 5.75 Å². The summed E-state index contributed by atoms with van der Waals surface area (Å²) in [4.78, 5) is 20.2. The number of nitrogens with zero attached hydrogens (tertiary/aromatic N) is 5. The van der Waals surface area contributed by atoms with E-state index in [0.29, 0.717) is 16.8 Å². The SMILES string of the molecule is COc1ccc(CN(C(=O)CSc2nnc(-c3cccs3)n2C)c2nccs2)cc1. The first-order chi connectivity index (χ1) is 14.7. The van der Waals surface area contributed by atoms with Gasteiger partial charge < -0.3 is 9.30 Å². The lowest BCUT2D eigenvalue weighted by atomic mass is 10.2. The fraction of sp³-hybridized carbons (Fsp3) is 0.200. The van der Waals surface area contributed by atoms with Gasteiger partial charge in [-0.1, -0.05) is 30.0 Å². The van der Waals surface area contributed by atoms with Crippen LogP contribution in [0, 0.1) is 0 Å². The lowest BCUT2D eigenvalue weighted by Gasteiger charge is -2.20. The Morgan fingerprint density at radius 2 is 2.00 bits per heavy atom. The van der Waals surface area contributed by atoms with E-state index in [0.717, 1.165) is 22.0 Å². The number of benzene rings is 1. The Bertz CT molecular complexity index is 1090. The minimum atomic E-state index is -0.0357. The molecule has 154 valence electrons. The van der Waals surface area contributed by atoms with Crippen molar-refractivity contribution < 1.29 is 9.53 Å². The average molecular weight is 458 g/mol. The molecule has 0 atom stereocenters. The number of amides is 1. The average Bonchev–Trinajstić information content (AvgIpc) is 3.53. The summed E-state index contributed by atoms with van der Waals surface area (Å²) in [5.74, 6) is 1.79. The predicted molar refractivity (Wildman–Crippen MR) is 121 cm³/mol. The lowest BCUT2D eigenvalue weighted by molar-refractivity contribution is -0.116. The quantitative estimate of drug-likeness (QED) is 0.367. The Kier molecular flexibility index (Phi) is 6.46. The number of carbonyl (C=O) groups excluding carboxylic acids is 1. The van der Waals surface area contributed by atoms with Crippen LogP contribution >= 0.6 is 34.4 Å². The van der Waals surface area contributed by atoms with Crippen LogP contribution in [0.15, 0.2) is 58.5 Å². The van der Waals surface area contributed by atoms with Crippen LogP contribution in [0.1, 0.15) is 5.56 Å². The first kappa shape index (κ1) is 20.6. The van der Waals surface area contributed by atoms with Gasteiger partial charge in [-0.15, -0.1) is 32.9 Å². The molecule has 7 nitrogen and oxygen atoms in total. The summed E-state index contributed by atoms with van der Waals surface area (Å²) < 4.78 is 7.13. The highest BCUT2D eigenvalue weighted by Gasteiger charge is 2.21. The summed E-state index contributed by atoms with van der Waals surface area (Å²) in [6.07, 6.45) is 1.71. The van der Waals surface area contributed by atoms with E-state index in [1.807, 2.05) is 58.8 Å². The molecule has 1 aromatic carbocycles. The van der Waals surface area contributed by atoms with Gasteiger partial charge in [-0.05, 0) is 29.1 Å². The molecule has 30 heavy (non-hydrogen) atoms. The van der Waals surface area contributed by atoms with Gasteiger partial charge in [-0.2, -0.15) is 0 Å². The zero-order valence-corrected chi connectivity index (χ0v) is 18.8. The van der Waals surface area contributed by atoms with Crippen LogP contribution in [0.5, 0.6) is 5.75 Å². The number of ether oxygens (including phenoxy) is 1. The van der Waals surface area contributed by atoms with Crippen LogP contribution in [0.2, 0.25) is 0 Å². The molecule has 3 heterocycles. The smallest absolute Gasteiger partial charge is 0.239 e. The molecule has 3 aromatic heterocycles. The summed E-state index contributed by atoms with van der Waals surface area (Å²) in [5, 5.41) is 13.8. The number of aromatic nitrogens is 4. The number of anilines is 1. The maximum absolute atomic E-state index is 13.1. The highest BCUT2D eigenvalue weighted by Crippen LogP contribution is 2.27. The molecule has 0 spiro atoms. The van der Waals surface area contributed by atoms with E-state index in [4.69, 9.17) is 4.74 Å². The molecule has 0 saturated heterocycles. The fourth-order valence-electron chi connectivity index (χ4n) is 2.79. The number of rotatable bonds is 8. The molecule has 0 aliphatic heterocycles. The van der Waals surface area contributed by atoms with E-state index in [9.17, 15) is 4.79 Å². The van der Waals surface area contributed by atoms with Crippen LogP contribution < -0.4 is 9.64 Å². The van der Waals surface area contributed by atoms with Crippen molar-refractivity contribution in [1.82, 2.24) is 19.7 Å². The van der Waals surface area contributed by atoms with Crippen molar-refractivity contribution in [3.63, 3.8) is 0 Å². The summed E-state index contributed by atoms with van der Waals surface area (Å²) >= 11 is 4.43. The first-order valence-electron chi connectivity index (χ1n) is 9.04. The molecular weight excluding hydrogens is 438 g/mol.